The van der Waals surface area contributed by atoms with Crippen LogP contribution in [0.15, 0.2) is 12.4 Å². The molecule has 14 heavy (non-hydrogen) atoms. The van der Waals surface area contributed by atoms with E-state index >= 15 is 0 Å². The van der Waals surface area contributed by atoms with Gasteiger partial charge in [-0.1, -0.05) is 13.8 Å². The zero-order valence-electron chi connectivity index (χ0n) is 9.49. The van der Waals surface area contributed by atoms with E-state index in [-0.39, 0.29) is 0 Å². The largest absolute Gasteiger partial charge is 0.390 e. The molecule has 1 N–H and O–H groups in total. The fourth-order valence-electron chi connectivity index (χ4n) is 1.95. The molecule has 0 aromatic carbocycles. The lowest BCUT2D eigenvalue weighted by molar-refractivity contribution is 0.0388. The third-order valence-electron chi connectivity index (χ3n) is 2.19. The molecule has 1 atom stereocenters. The average molecular weight is 196 g/mol. The Balaban J connectivity index is 2.58. The quantitative estimate of drug-likeness (QED) is 0.797. The first-order valence-electron chi connectivity index (χ1n) is 5.09. The molecule has 80 valence electrons. The van der Waals surface area contributed by atoms with Gasteiger partial charge >= 0.3 is 0 Å². The molecule has 0 radical (unpaired) electrons. The van der Waals surface area contributed by atoms with E-state index in [1.54, 1.807) is 4.68 Å². The maximum atomic E-state index is 10.1. The lowest BCUT2D eigenvalue weighted by Crippen LogP contribution is -2.28. The number of hydrogen-bond acceptors (Lipinski definition) is 2. The van der Waals surface area contributed by atoms with Crippen molar-refractivity contribution in [3.63, 3.8) is 0 Å². The summed E-state index contributed by atoms with van der Waals surface area (Å²) < 4.78 is 1.76. The summed E-state index contributed by atoms with van der Waals surface area (Å²) in [6.07, 6.45) is 5.27. The van der Waals surface area contributed by atoms with E-state index in [0.717, 1.165) is 12.0 Å². The first-order valence-corrected chi connectivity index (χ1v) is 5.09. The van der Waals surface area contributed by atoms with Crippen LogP contribution < -0.4 is 0 Å². The molecule has 0 amide bonds. The van der Waals surface area contributed by atoms with Gasteiger partial charge in [0.05, 0.1) is 11.8 Å². The van der Waals surface area contributed by atoms with Crippen LogP contribution >= 0.6 is 0 Å². The molecule has 0 aliphatic carbocycles. The zero-order chi connectivity index (χ0) is 10.8. The summed E-state index contributed by atoms with van der Waals surface area (Å²) in [6, 6.07) is 0. The van der Waals surface area contributed by atoms with E-state index in [1.165, 1.54) is 0 Å². The summed E-state index contributed by atoms with van der Waals surface area (Å²) >= 11 is 0. The van der Waals surface area contributed by atoms with Crippen LogP contribution in [-0.4, -0.2) is 20.5 Å². The average Bonchev–Trinajstić information content (AvgIpc) is 2.30. The highest BCUT2D eigenvalue weighted by Crippen LogP contribution is 2.20. The molecule has 3 heteroatoms. The van der Waals surface area contributed by atoms with E-state index in [4.69, 9.17) is 0 Å². The third kappa shape index (κ3) is 3.50. The minimum Gasteiger partial charge on any atom is -0.390 e. The Hall–Kier alpha value is -0.830. The van der Waals surface area contributed by atoms with Gasteiger partial charge in [-0.05, 0) is 24.8 Å². The van der Waals surface area contributed by atoms with Crippen molar-refractivity contribution in [3.05, 3.63) is 18.0 Å². The van der Waals surface area contributed by atoms with Crippen molar-refractivity contribution >= 4 is 0 Å². The van der Waals surface area contributed by atoms with Crippen LogP contribution in [-0.2, 0) is 13.5 Å². The van der Waals surface area contributed by atoms with Crippen molar-refractivity contribution in [1.29, 1.82) is 0 Å². The SMILES string of the molecule is CC(C)CC(C)(O)Cc1cnn(C)c1. The molecule has 1 heterocycles. The monoisotopic (exact) mass is 196 g/mol. The lowest BCUT2D eigenvalue weighted by Gasteiger charge is -2.24. The summed E-state index contributed by atoms with van der Waals surface area (Å²) in [6.45, 7) is 6.13. The van der Waals surface area contributed by atoms with Gasteiger partial charge in [-0.25, -0.2) is 0 Å². The van der Waals surface area contributed by atoms with Crippen LogP contribution in [0.3, 0.4) is 0 Å². The van der Waals surface area contributed by atoms with Gasteiger partial charge in [-0.3, -0.25) is 4.68 Å². The van der Waals surface area contributed by atoms with Crippen LogP contribution in [0.4, 0.5) is 0 Å². The predicted molar refractivity (Wildman–Crippen MR) is 57.0 cm³/mol. The molecule has 1 rings (SSSR count). The molecule has 0 aliphatic heterocycles. The van der Waals surface area contributed by atoms with Crippen LogP contribution in [0, 0.1) is 5.92 Å². The molecule has 0 saturated carbocycles. The molecule has 0 aliphatic rings. The highest BCUT2D eigenvalue weighted by molar-refractivity contribution is 5.07. The van der Waals surface area contributed by atoms with E-state index in [9.17, 15) is 5.11 Å². The normalized spacial score (nSPS) is 15.9. The third-order valence-corrected chi connectivity index (χ3v) is 2.19. The minimum atomic E-state index is -0.614. The Morgan fingerprint density at radius 1 is 1.57 bits per heavy atom. The number of aliphatic hydroxyl groups is 1. The molecule has 3 nitrogen and oxygen atoms in total. The van der Waals surface area contributed by atoms with Crippen molar-refractivity contribution in [3.8, 4) is 0 Å². The molecule has 0 fully saturated rings. The van der Waals surface area contributed by atoms with Gasteiger partial charge in [0, 0.05) is 19.7 Å². The van der Waals surface area contributed by atoms with Crippen molar-refractivity contribution in [2.75, 3.05) is 0 Å². The predicted octanol–water partition coefficient (Wildman–Crippen LogP) is 1.76. The van der Waals surface area contributed by atoms with Gasteiger partial charge in [0.1, 0.15) is 0 Å². The van der Waals surface area contributed by atoms with Gasteiger partial charge in [0.2, 0.25) is 0 Å². The molecule has 0 bridgehead atoms. The highest BCUT2D eigenvalue weighted by Gasteiger charge is 2.22. The van der Waals surface area contributed by atoms with Crippen LogP contribution in [0.5, 0.6) is 0 Å². The first kappa shape index (κ1) is 11.2. The van der Waals surface area contributed by atoms with Gasteiger partial charge in [-0.15, -0.1) is 0 Å². The zero-order valence-corrected chi connectivity index (χ0v) is 9.49. The fourth-order valence-corrected chi connectivity index (χ4v) is 1.95. The van der Waals surface area contributed by atoms with Gasteiger partial charge < -0.3 is 5.11 Å². The fraction of sp³-hybridized carbons (Fsp3) is 0.727. The van der Waals surface area contributed by atoms with Crippen LogP contribution in [0.1, 0.15) is 32.8 Å². The summed E-state index contributed by atoms with van der Waals surface area (Å²) in [5.41, 5.74) is 0.482. The molecule has 1 unspecified atom stereocenters. The summed E-state index contributed by atoms with van der Waals surface area (Å²) in [5.74, 6) is 0.515. The molecular weight excluding hydrogens is 176 g/mol. The van der Waals surface area contributed by atoms with E-state index in [0.29, 0.717) is 12.3 Å². The van der Waals surface area contributed by atoms with E-state index in [1.807, 2.05) is 26.4 Å². The van der Waals surface area contributed by atoms with Crippen molar-refractivity contribution in [1.82, 2.24) is 9.78 Å². The molecule has 0 saturated heterocycles. The van der Waals surface area contributed by atoms with Gasteiger partial charge in [0.15, 0.2) is 0 Å². The second-order valence-electron chi connectivity index (χ2n) is 4.79. The topological polar surface area (TPSA) is 38.1 Å². The first-order chi connectivity index (χ1) is 6.39. The minimum absolute atomic E-state index is 0.515. The maximum absolute atomic E-state index is 10.1. The Kier molecular flexibility index (Phi) is 3.32. The summed E-state index contributed by atoms with van der Waals surface area (Å²) in [5, 5.41) is 14.2. The number of hydrogen-bond donors (Lipinski definition) is 1. The molecule has 1 aromatic heterocycles. The molecule has 1 aromatic rings. The number of nitrogens with zero attached hydrogens (tertiary/aromatic N) is 2. The van der Waals surface area contributed by atoms with Gasteiger partial charge in [-0.2, -0.15) is 5.10 Å². The van der Waals surface area contributed by atoms with E-state index < -0.39 is 5.60 Å². The van der Waals surface area contributed by atoms with Crippen LogP contribution in [0.25, 0.3) is 0 Å². The maximum Gasteiger partial charge on any atom is 0.0663 e. The number of aromatic nitrogens is 2. The highest BCUT2D eigenvalue weighted by atomic mass is 16.3. The Bertz CT molecular complexity index is 289. The van der Waals surface area contributed by atoms with E-state index in [2.05, 4.69) is 18.9 Å². The number of aryl methyl sites for hydroxylation is 1. The summed E-state index contributed by atoms with van der Waals surface area (Å²) in [4.78, 5) is 0. The Labute approximate surface area is 85.8 Å². The summed E-state index contributed by atoms with van der Waals surface area (Å²) in [7, 11) is 1.89. The smallest absolute Gasteiger partial charge is 0.0663 e. The number of rotatable bonds is 4. The standard InChI is InChI=1S/C11H20N2O/c1-9(2)5-11(3,14)6-10-7-12-13(4)8-10/h7-9,14H,5-6H2,1-4H3. The molecule has 0 spiro atoms. The van der Waals surface area contributed by atoms with Crippen LogP contribution in [0.2, 0.25) is 0 Å². The Morgan fingerprint density at radius 2 is 2.21 bits per heavy atom. The second kappa shape index (κ2) is 4.13. The van der Waals surface area contributed by atoms with Gasteiger partial charge in [0.25, 0.3) is 0 Å². The Morgan fingerprint density at radius 3 is 2.64 bits per heavy atom. The van der Waals surface area contributed by atoms with Crippen molar-refractivity contribution in [2.24, 2.45) is 13.0 Å². The second-order valence-corrected chi connectivity index (χ2v) is 4.79. The van der Waals surface area contributed by atoms with Crippen molar-refractivity contribution in [2.45, 2.75) is 39.2 Å². The molecular formula is C11H20N2O. The van der Waals surface area contributed by atoms with Crippen molar-refractivity contribution < 1.29 is 5.11 Å². The lowest BCUT2D eigenvalue weighted by atomic mass is 9.89.